The first kappa shape index (κ1) is 16.3. The number of nitrogens with zero attached hydrogens (tertiary/aromatic N) is 1. The van der Waals surface area contributed by atoms with E-state index in [1.54, 1.807) is 13.1 Å². The smallest absolute Gasteiger partial charge is 0.233 e. The third kappa shape index (κ3) is 2.39. The number of hydrogen-bond acceptors (Lipinski definition) is 8. The van der Waals surface area contributed by atoms with Gasteiger partial charge in [0.1, 0.15) is 12.2 Å². The molecule has 1 N–H and O–H groups in total. The highest BCUT2D eigenvalue weighted by molar-refractivity contribution is 7.11. The molecule has 0 aromatic carbocycles. The molecule has 8 heteroatoms. The minimum atomic E-state index is -1.57. The molecule has 0 amide bonds. The Balaban J connectivity index is 1.90. The van der Waals surface area contributed by atoms with Crippen LogP contribution >= 0.6 is 11.3 Å². The van der Waals surface area contributed by atoms with Crippen molar-refractivity contribution in [3.05, 3.63) is 16.1 Å². The van der Waals surface area contributed by atoms with Crippen molar-refractivity contribution in [1.82, 2.24) is 4.98 Å². The van der Waals surface area contributed by atoms with E-state index in [9.17, 15) is 5.11 Å². The van der Waals surface area contributed by atoms with Gasteiger partial charge in [-0.3, -0.25) is 0 Å². The molecule has 124 valence electrons. The van der Waals surface area contributed by atoms with Crippen LogP contribution in [0.1, 0.15) is 30.7 Å². The molecule has 7 nitrogen and oxygen atoms in total. The molecule has 3 rings (SSSR count). The molecule has 0 aliphatic carbocycles. The van der Waals surface area contributed by atoms with Crippen molar-refractivity contribution >= 4 is 11.3 Å². The number of thiazole rings is 1. The first-order chi connectivity index (χ1) is 10.2. The number of rotatable bonds is 4. The molecule has 2 saturated heterocycles. The molecular formula is C14H21NO6S. The van der Waals surface area contributed by atoms with E-state index in [2.05, 4.69) is 4.98 Å². The summed E-state index contributed by atoms with van der Waals surface area (Å²) in [5.41, 5.74) is 0. The Kier molecular flexibility index (Phi) is 3.84. The fourth-order valence-corrected chi connectivity index (χ4v) is 3.79. The van der Waals surface area contributed by atoms with E-state index < -0.39 is 23.5 Å². The summed E-state index contributed by atoms with van der Waals surface area (Å²) in [5, 5.41) is 11.5. The van der Waals surface area contributed by atoms with Crippen molar-refractivity contribution in [2.24, 2.45) is 0 Å². The maximum absolute atomic E-state index is 11.0. The predicted molar refractivity (Wildman–Crippen MR) is 77.2 cm³/mol. The van der Waals surface area contributed by atoms with Gasteiger partial charge in [-0.2, -0.15) is 0 Å². The van der Waals surface area contributed by atoms with Crippen LogP contribution in [0.3, 0.4) is 0 Å². The molecule has 3 atom stereocenters. The summed E-state index contributed by atoms with van der Waals surface area (Å²) in [6, 6.07) is 0. The summed E-state index contributed by atoms with van der Waals surface area (Å²) in [6.45, 7) is 5.66. The molecule has 22 heavy (non-hydrogen) atoms. The minimum absolute atomic E-state index is 0.268. The van der Waals surface area contributed by atoms with Gasteiger partial charge in [0.15, 0.2) is 10.8 Å². The summed E-state index contributed by atoms with van der Waals surface area (Å²) in [5.74, 6) is -3.28. The lowest BCUT2D eigenvalue weighted by molar-refractivity contribution is -0.264. The van der Waals surface area contributed by atoms with Crippen LogP contribution in [0.4, 0.5) is 0 Å². The fraction of sp³-hybridized carbons (Fsp3) is 0.786. The van der Waals surface area contributed by atoms with Crippen molar-refractivity contribution in [3.63, 3.8) is 0 Å². The lowest BCUT2D eigenvalue weighted by Gasteiger charge is -2.28. The molecule has 0 radical (unpaired) electrons. The molecule has 0 saturated carbocycles. The monoisotopic (exact) mass is 331 g/mol. The van der Waals surface area contributed by atoms with E-state index in [4.69, 9.17) is 23.7 Å². The normalized spacial score (nSPS) is 34.1. The van der Waals surface area contributed by atoms with E-state index in [1.807, 2.05) is 13.8 Å². The lowest BCUT2D eigenvalue weighted by atomic mass is 10.1. The quantitative estimate of drug-likeness (QED) is 0.833. The molecule has 1 aromatic rings. The van der Waals surface area contributed by atoms with Gasteiger partial charge >= 0.3 is 0 Å². The van der Waals surface area contributed by atoms with E-state index in [0.29, 0.717) is 9.88 Å². The Labute approximate surface area is 133 Å². The van der Waals surface area contributed by atoms with E-state index >= 15 is 0 Å². The summed E-state index contributed by atoms with van der Waals surface area (Å²) in [4.78, 5) is 4.84. The lowest BCUT2D eigenvalue weighted by Crippen LogP contribution is -2.40. The number of aliphatic hydroxyl groups is 1. The highest BCUT2D eigenvalue weighted by atomic mass is 32.1. The molecule has 3 heterocycles. The molecule has 2 aliphatic heterocycles. The highest BCUT2D eigenvalue weighted by Gasteiger charge is 2.60. The van der Waals surface area contributed by atoms with E-state index in [0.717, 1.165) is 0 Å². The number of fused-ring (bicyclic) bond motifs is 1. The van der Waals surface area contributed by atoms with Crippen molar-refractivity contribution in [1.29, 1.82) is 0 Å². The Morgan fingerprint density at radius 3 is 2.68 bits per heavy atom. The Morgan fingerprint density at radius 1 is 1.36 bits per heavy atom. The summed E-state index contributed by atoms with van der Waals surface area (Å²) < 4.78 is 27.8. The van der Waals surface area contributed by atoms with Gasteiger partial charge in [0.25, 0.3) is 0 Å². The van der Waals surface area contributed by atoms with E-state index in [1.165, 1.54) is 25.6 Å². The van der Waals surface area contributed by atoms with Gasteiger partial charge in [-0.05, 0) is 20.8 Å². The minimum Gasteiger partial charge on any atom is -0.359 e. The third-order valence-electron chi connectivity index (χ3n) is 4.06. The second-order valence-corrected chi connectivity index (χ2v) is 7.02. The molecule has 0 bridgehead atoms. The number of ether oxygens (including phenoxy) is 5. The number of aromatic nitrogens is 1. The third-order valence-corrected chi connectivity index (χ3v) is 5.35. The van der Waals surface area contributed by atoms with Gasteiger partial charge in [0.05, 0.1) is 11.5 Å². The standard InChI is InChI=1S/C14H21NO6S/c1-12(2)20-8-7-19-14(16,10(8)21-12)9-6-15-11(22-9)13(3,17-4)18-5/h6,8,10,16H,7H2,1-5H3/t8-,10-,14+/m1/s1. The van der Waals surface area contributed by atoms with Crippen molar-refractivity contribution in [2.75, 3.05) is 20.8 Å². The van der Waals surface area contributed by atoms with Gasteiger partial charge in [0.2, 0.25) is 11.6 Å². The van der Waals surface area contributed by atoms with Gasteiger partial charge in [-0.25, -0.2) is 4.98 Å². The van der Waals surface area contributed by atoms with Crippen LogP contribution < -0.4 is 0 Å². The first-order valence-electron chi connectivity index (χ1n) is 7.03. The Morgan fingerprint density at radius 2 is 2.05 bits per heavy atom. The molecule has 0 spiro atoms. The second kappa shape index (κ2) is 5.20. The maximum Gasteiger partial charge on any atom is 0.233 e. The molecule has 2 aliphatic rings. The van der Waals surface area contributed by atoms with Crippen molar-refractivity contribution in [3.8, 4) is 0 Å². The molecular weight excluding hydrogens is 310 g/mol. The second-order valence-electron chi connectivity index (χ2n) is 5.99. The van der Waals surface area contributed by atoms with E-state index in [-0.39, 0.29) is 12.7 Å². The highest BCUT2D eigenvalue weighted by Crippen LogP contribution is 2.47. The van der Waals surface area contributed by atoms with Gasteiger partial charge < -0.3 is 28.8 Å². The average molecular weight is 331 g/mol. The van der Waals surface area contributed by atoms with Crippen LogP contribution in [0, 0.1) is 0 Å². The van der Waals surface area contributed by atoms with Crippen LogP contribution in [-0.2, 0) is 35.3 Å². The molecule has 0 unspecified atom stereocenters. The number of hydrogen-bond donors (Lipinski definition) is 1. The summed E-state index contributed by atoms with van der Waals surface area (Å²) >= 11 is 1.26. The number of methoxy groups -OCH3 is 2. The summed E-state index contributed by atoms with van der Waals surface area (Å²) in [6.07, 6.45) is 0.668. The van der Waals surface area contributed by atoms with Gasteiger partial charge in [-0.15, -0.1) is 11.3 Å². The summed E-state index contributed by atoms with van der Waals surface area (Å²) in [7, 11) is 3.08. The first-order valence-corrected chi connectivity index (χ1v) is 7.85. The Hall–Kier alpha value is -0.610. The molecule has 2 fully saturated rings. The van der Waals surface area contributed by atoms with Gasteiger partial charge in [-0.1, -0.05) is 0 Å². The molecule has 1 aromatic heterocycles. The zero-order valence-electron chi connectivity index (χ0n) is 13.3. The van der Waals surface area contributed by atoms with Crippen LogP contribution in [0.15, 0.2) is 6.20 Å². The average Bonchev–Trinajstić information content (AvgIpc) is 3.15. The van der Waals surface area contributed by atoms with Crippen LogP contribution in [-0.4, -0.2) is 48.9 Å². The maximum atomic E-state index is 11.0. The SMILES string of the molecule is COC(C)(OC)c1ncc([C@]2(O)OC[C@H]3OC(C)(C)O[C@H]32)s1. The van der Waals surface area contributed by atoms with Crippen molar-refractivity contribution < 1.29 is 28.8 Å². The topological polar surface area (TPSA) is 79.3 Å². The van der Waals surface area contributed by atoms with Crippen molar-refractivity contribution in [2.45, 2.75) is 50.3 Å². The predicted octanol–water partition coefficient (Wildman–Crippen LogP) is 1.30. The van der Waals surface area contributed by atoms with Gasteiger partial charge in [0, 0.05) is 20.4 Å². The van der Waals surface area contributed by atoms with Crippen LogP contribution in [0.5, 0.6) is 0 Å². The zero-order valence-corrected chi connectivity index (χ0v) is 14.1. The largest absolute Gasteiger partial charge is 0.359 e. The Bertz CT molecular complexity index is 557. The van der Waals surface area contributed by atoms with Crippen LogP contribution in [0.2, 0.25) is 0 Å². The fourth-order valence-electron chi connectivity index (χ4n) is 2.70. The zero-order chi connectivity index (χ0) is 16.2. The van der Waals surface area contributed by atoms with Crippen LogP contribution in [0.25, 0.3) is 0 Å².